The predicted molar refractivity (Wildman–Crippen MR) is 107 cm³/mol. The Morgan fingerprint density at radius 2 is 1.76 bits per heavy atom. The predicted octanol–water partition coefficient (Wildman–Crippen LogP) is 2.79. The number of ether oxygens (including phenoxy) is 1. The van der Waals surface area contributed by atoms with Crippen molar-refractivity contribution < 1.29 is 25.1 Å². The third-order valence-corrected chi connectivity index (χ3v) is 5.45. The number of benzene rings is 2. The first-order valence-electron chi connectivity index (χ1n) is 9.88. The molecule has 0 amide bonds. The van der Waals surface area contributed by atoms with Gasteiger partial charge in [-0.2, -0.15) is 5.23 Å². The van der Waals surface area contributed by atoms with Crippen LogP contribution in [-0.2, 0) is 6.54 Å². The molecule has 1 atom stereocenters. The first-order valence-corrected chi connectivity index (χ1v) is 9.88. The van der Waals surface area contributed by atoms with E-state index >= 15 is 0 Å². The second-order valence-electron chi connectivity index (χ2n) is 7.50. The molecule has 152 valence electrons. The number of likely N-dealkylation sites (tertiary alicyclic amines) is 1. The quantitative estimate of drug-likeness (QED) is 0.543. The zero-order valence-corrected chi connectivity index (χ0v) is 16.1. The highest BCUT2D eigenvalue weighted by Gasteiger charge is 2.31. The summed E-state index contributed by atoms with van der Waals surface area (Å²) in [6, 6.07) is 9.37. The lowest BCUT2D eigenvalue weighted by molar-refractivity contribution is -0.991. The van der Waals surface area contributed by atoms with Gasteiger partial charge in [0.25, 0.3) is 0 Å². The van der Waals surface area contributed by atoms with Crippen LogP contribution in [0.5, 0.6) is 11.5 Å². The van der Waals surface area contributed by atoms with Gasteiger partial charge in [0.2, 0.25) is 5.78 Å². The minimum Gasteiger partial charge on any atom is -0.595 e. The number of ketones is 1. The maximum atomic E-state index is 12.8. The summed E-state index contributed by atoms with van der Waals surface area (Å²) in [5.74, 6) is 0.491. The molecule has 29 heavy (non-hydrogen) atoms. The van der Waals surface area contributed by atoms with Crippen molar-refractivity contribution in [2.75, 3.05) is 13.1 Å². The van der Waals surface area contributed by atoms with E-state index in [1.54, 1.807) is 30.3 Å². The van der Waals surface area contributed by atoms with Gasteiger partial charge in [-0.3, -0.25) is 9.69 Å². The van der Waals surface area contributed by atoms with Crippen LogP contribution < -0.4 is 9.96 Å². The molecule has 0 aliphatic carbocycles. The average Bonchev–Trinajstić information content (AvgIpc) is 2.87. The van der Waals surface area contributed by atoms with Crippen LogP contribution in [0.1, 0.15) is 47.2 Å². The number of nitrogens with one attached hydrogen (secondary N) is 1. The molecule has 0 bridgehead atoms. The number of carbonyl (C=O) groups excluding carboxylic acids is 1. The molecule has 2 aromatic carbocycles. The van der Waals surface area contributed by atoms with E-state index in [1.165, 1.54) is 25.0 Å². The fourth-order valence-electron chi connectivity index (χ4n) is 3.84. The molecule has 0 saturated carbocycles. The summed E-state index contributed by atoms with van der Waals surface area (Å²) in [6.07, 6.45) is 6.30. The second kappa shape index (κ2) is 8.34. The molecule has 2 aromatic rings. The van der Waals surface area contributed by atoms with E-state index < -0.39 is 5.23 Å². The van der Waals surface area contributed by atoms with Crippen molar-refractivity contribution in [1.29, 1.82) is 0 Å². The Balaban J connectivity index is 1.60. The SMILES string of the molecule is O=C1C(=Cc2ccc([NH+]([O-])O)cc2)Oc2c1ccc(O)c2CN1CCCCCC1. The van der Waals surface area contributed by atoms with Crippen LogP contribution in [0.25, 0.3) is 6.08 Å². The molecule has 1 fully saturated rings. The summed E-state index contributed by atoms with van der Waals surface area (Å²) in [4.78, 5) is 15.1. The first-order chi connectivity index (χ1) is 14.0. The summed E-state index contributed by atoms with van der Waals surface area (Å²) < 4.78 is 5.89. The summed E-state index contributed by atoms with van der Waals surface area (Å²) in [5, 5.41) is 29.4. The van der Waals surface area contributed by atoms with Crippen molar-refractivity contribution in [3.05, 3.63) is 64.1 Å². The molecule has 2 aliphatic rings. The zero-order chi connectivity index (χ0) is 20.4. The molecule has 4 rings (SSSR count). The normalized spacial score (nSPS) is 19.7. The standard InChI is InChI=1S/C22H24N2O5/c25-19-10-9-17-21(26)20(13-15-5-7-16(8-6-15)24(27)28)29-22(17)18(19)14-23-11-3-1-2-4-12-23/h5-10,13,24-25,27H,1-4,11-12,14H2. The largest absolute Gasteiger partial charge is 0.595 e. The van der Waals surface area contributed by atoms with Gasteiger partial charge in [0.1, 0.15) is 11.5 Å². The van der Waals surface area contributed by atoms with Gasteiger partial charge >= 0.3 is 0 Å². The first kappa shape index (κ1) is 19.6. The smallest absolute Gasteiger partial charge is 0.231 e. The number of aromatic hydroxyl groups is 1. The Hall–Kier alpha value is -2.71. The zero-order valence-electron chi connectivity index (χ0n) is 16.1. The minimum atomic E-state index is -1.00. The summed E-state index contributed by atoms with van der Waals surface area (Å²) >= 11 is 0. The van der Waals surface area contributed by atoms with Crippen LogP contribution in [-0.4, -0.2) is 34.1 Å². The highest BCUT2D eigenvalue weighted by Crippen LogP contribution is 2.40. The molecule has 1 unspecified atom stereocenters. The van der Waals surface area contributed by atoms with Crippen molar-refractivity contribution in [3.63, 3.8) is 0 Å². The number of phenolic OH excluding ortho intramolecular Hbond substituents is 1. The molecule has 0 spiro atoms. The van der Waals surface area contributed by atoms with Crippen molar-refractivity contribution >= 4 is 17.5 Å². The maximum absolute atomic E-state index is 12.8. The van der Waals surface area contributed by atoms with E-state index in [1.807, 2.05) is 0 Å². The minimum absolute atomic E-state index is 0.132. The Morgan fingerprint density at radius 1 is 1.07 bits per heavy atom. The van der Waals surface area contributed by atoms with Crippen LogP contribution in [0.3, 0.4) is 0 Å². The van der Waals surface area contributed by atoms with Crippen LogP contribution in [0.2, 0.25) is 0 Å². The van der Waals surface area contributed by atoms with Crippen molar-refractivity contribution in [1.82, 2.24) is 4.90 Å². The highest BCUT2D eigenvalue weighted by atomic mass is 16.8. The second-order valence-corrected chi connectivity index (χ2v) is 7.50. The number of phenols is 1. The fourth-order valence-corrected chi connectivity index (χ4v) is 3.84. The van der Waals surface area contributed by atoms with Crippen molar-refractivity contribution in [2.24, 2.45) is 0 Å². The van der Waals surface area contributed by atoms with E-state index in [9.17, 15) is 15.1 Å². The summed E-state index contributed by atoms with van der Waals surface area (Å²) in [7, 11) is 0. The van der Waals surface area contributed by atoms with Crippen LogP contribution in [0.15, 0.2) is 42.2 Å². The summed E-state index contributed by atoms with van der Waals surface area (Å²) in [5.41, 5.74) is 1.94. The Labute approximate surface area is 169 Å². The van der Waals surface area contributed by atoms with Crippen LogP contribution >= 0.6 is 0 Å². The van der Waals surface area contributed by atoms with Gasteiger partial charge in [-0.05, 0) is 61.8 Å². The molecular weight excluding hydrogens is 372 g/mol. The molecule has 0 radical (unpaired) electrons. The molecule has 7 heteroatoms. The van der Waals surface area contributed by atoms with E-state index in [0.717, 1.165) is 25.9 Å². The van der Waals surface area contributed by atoms with Crippen molar-refractivity contribution in [2.45, 2.75) is 32.2 Å². The Morgan fingerprint density at radius 3 is 2.41 bits per heavy atom. The summed E-state index contributed by atoms with van der Waals surface area (Å²) in [6.45, 7) is 2.48. The topological polar surface area (TPSA) is 97.5 Å². The Bertz CT molecular complexity index is 929. The number of rotatable bonds is 4. The number of nitrogens with zero attached hydrogens (tertiary/aromatic N) is 1. The van der Waals surface area contributed by atoms with Crippen LogP contribution in [0.4, 0.5) is 5.69 Å². The molecular formula is C22H24N2O5. The van der Waals surface area contributed by atoms with Crippen molar-refractivity contribution in [3.8, 4) is 11.5 Å². The third kappa shape index (κ3) is 4.18. The van der Waals surface area contributed by atoms with E-state index in [4.69, 9.17) is 9.94 Å². The van der Waals surface area contributed by atoms with Crippen LogP contribution in [0, 0.1) is 5.21 Å². The van der Waals surface area contributed by atoms with Gasteiger partial charge in [-0.1, -0.05) is 12.8 Å². The monoisotopic (exact) mass is 396 g/mol. The number of hydrogen-bond acceptors (Lipinski definition) is 6. The number of hydrogen-bond donors (Lipinski definition) is 3. The van der Waals surface area contributed by atoms with E-state index in [-0.39, 0.29) is 23.0 Å². The van der Waals surface area contributed by atoms with Gasteiger partial charge in [-0.25, -0.2) is 5.21 Å². The molecule has 1 saturated heterocycles. The number of carbonyl (C=O) groups is 1. The molecule has 3 N–H and O–H groups in total. The number of fused-ring (bicyclic) bond motifs is 1. The molecule has 0 aromatic heterocycles. The van der Waals surface area contributed by atoms with E-state index in [2.05, 4.69) is 4.90 Å². The van der Waals surface area contributed by atoms with Gasteiger partial charge in [0, 0.05) is 18.7 Å². The molecule has 2 heterocycles. The van der Waals surface area contributed by atoms with E-state index in [0.29, 0.717) is 29.0 Å². The lowest BCUT2D eigenvalue weighted by Gasteiger charge is -2.21. The maximum Gasteiger partial charge on any atom is 0.231 e. The van der Waals surface area contributed by atoms with Gasteiger partial charge in [0.05, 0.1) is 11.1 Å². The average molecular weight is 396 g/mol. The lowest BCUT2D eigenvalue weighted by Crippen LogP contribution is -2.99. The molecule has 7 nitrogen and oxygen atoms in total. The number of allylic oxidation sites excluding steroid dienone is 1. The number of quaternary nitrogens is 1. The van der Waals surface area contributed by atoms with Gasteiger partial charge in [-0.15, -0.1) is 0 Å². The Kier molecular flexibility index (Phi) is 5.64. The highest BCUT2D eigenvalue weighted by molar-refractivity contribution is 6.15. The van der Waals surface area contributed by atoms with Gasteiger partial charge in [0.15, 0.2) is 11.4 Å². The fraction of sp³-hybridized carbons (Fsp3) is 0.318. The number of Topliss-reactive ketones (excluding diaryl/α,β-unsaturated/α-hetero) is 1. The lowest BCUT2D eigenvalue weighted by atomic mass is 10.0. The third-order valence-electron chi connectivity index (χ3n) is 5.45. The van der Waals surface area contributed by atoms with Gasteiger partial charge < -0.3 is 15.1 Å². The molecule has 2 aliphatic heterocycles.